The Bertz CT molecular complexity index is 608. The lowest BCUT2D eigenvalue weighted by molar-refractivity contribution is -0.385. The number of nitrogens with zero attached hydrogens (tertiary/aromatic N) is 4. The summed E-state index contributed by atoms with van der Waals surface area (Å²) in [5, 5.41) is 17.0. The van der Waals surface area contributed by atoms with E-state index in [9.17, 15) is 28.1 Å². The van der Waals surface area contributed by atoms with Crippen molar-refractivity contribution in [1.82, 2.24) is 20.0 Å². The first-order valence-corrected chi connectivity index (χ1v) is 6.92. The van der Waals surface area contributed by atoms with Crippen molar-refractivity contribution in [3.8, 4) is 0 Å². The van der Waals surface area contributed by atoms with Gasteiger partial charge in [-0.05, 0) is 13.8 Å². The summed E-state index contributed by atoms with van der Waals surface area (Å²) in [4.78, 5) is 25.1. The number of carbonyl (C=O) groups is 1. The number of nitro groups is 1. The average Bonchev–Trinajstić information content (AvgIpc) is 2.87. The van der Waals surface area contributed by atoms with Gasteiger partial charge in [-0.3, -0.25) is 24.9 Å². The molecule has 8 nitrogen and oxygen atoms in total. The number of aromatic amines is 1. The Morgan fingerprint density at radius 1 is 1.35 bits per heavy atom. The smallest absolute Gasteiger partial charge is 0.334 e. The van der Waals surface area contributed by atoms with Gasteiger partial charge in [0.2, 0.25) is 5.69 Å². The molecule has 2 rings (SSSR count). The number of alkyl halides is 3. The van der Waals surface area contributed by atoms with Crippen LogP contribution in [0.25, 0.3) is 0 Å². The second-order valence-electron chi connectivity index (χ2n) is 5.35. The van der Waals surface area contributed by atoms with Crippen molar-refractivity contribution in [3.63, 3.8) is 0 Å². The van der Waals surface area contributed by atoms with Gasteiger partial charge in [-0.2, -0.15) is 18.3 Å². The van der Waals surface area contributed by atoms with Crippen molar-refractivity contribution >= 4 is 11.6 Å². The second-order valence-corrected chi connectivity index (χ2v) is 5.35. The summed E-state index contributed by atoms with van der Waals surface area (Å²) in [6.45, 7) is 2.70. The molecule has 1 aromatic heterocycles. The predicted octanol–water partition coefficient (Wildman–Crippen LogP) is 1.33. The fourth-order valence-corrected chi connectivity index (χ4v) is 2.46. The van der Waals surface area contributed by atoms with E-state index in [1.165, 1.54) is 16.7 Å². The molecule has 1 aromatic rings. The number of H-pyrrole nitrogens is 1. The molecule has 0 saturated carbocycles. The summed E-state index contributed by atoms with van der Waals surface area (Å²) in [6.07, 6.45) is -4.33. The van der Waals surface area contributed by atoms with Crippen LogP contribution in [0, 0.1) is 17.0 Å². The van der Waals surface area contributed by atoms with Gasteiger partial charge < -0.3 is 4.90 Å². The molecule has 1 aliphatic rings. The lowest BCUT2D eigenvalue weighted by atomic mass is 10.2. The van der Waals surface area contributed by atoms with Crippen LogP contribution in [0.15, 0.2) is 0 Å². The zero-order valence-corrected chi connectivity index (χ0v) is 12.6. The third kappa shape index (κ3) is 3.44. The highest BCUT2D eigenvalue weighted by atomic mass is 19.4. The van der Waals surface area contributed by atoms with Gasteiger partial charge in [0.1, 0.15) is 11.7 Å². The Balaban J connectivity index is 2.06. The van der Waals surface area contributed by atoms with E-state index in [4.69, 9.17) is 0 Å². The maximum absolute atomic E-state index is 12.7. The number of hydrogen-bond acceptors (Lipinski definition) is 5. The molecule has 1 atom stereocenters. The number of aromatic nitrogens is 2. The summed E-state index contributed by atoms with van der Waals surface area (Å²) < 4.78 is 38.1. The molecule has 1 aliphatic heterocycles. The second kappa shape index (κ2) is 6.14. The number of amides is 1. The van der Waals surface area contributed by atoms with Gasteiger partial charge in [-0.15, -0.1) is 0 Å². The molecule has 1 saturated heterocycles. The summed E-state index contributed by atoms with van der Waals surface area (Å²) in [7, 11) is 0. The third-order valence-corrected chi connectivity index (χ3v) is 3.92. The zero-order valence-electron chi connectivity index (χ0n) is 12.6. The monoisotopic (exact) mass is 335 g/mol. The summed E-state index contributed by atoms with van der Waals surface area (Å²) in [5.74, 6) is -0.652. The van der Waals surface area contributed by atoms with Crippen molar-refractivity contribution < 1.29 is 22.9 Å². The molecule has 0 spiro atoms. The van der Waals surface area contributed by atoms with E-state index in [-0.39, 0.29) is 37.6 Å². The highest BCUT2D eigenvalue weighted by molar-refractivity contribution is 5.96. The normalized spacial score (nSPS) is 18.0. The van der Waals surface area contributed by atoms with Crippen LogP contribution in [0.2, 0.25) is 0 Å². The van der Waals surface area contributed by atoms with Gasteiger partial charge in [-0.25, -0.2) is 0 Å². The fraction of sp³-hybridized carbons (Fsp3) is 0.667. The van der Waals surface area contributed by atoms with E-state index >= 15 is 0 Å². The molecule has 0 bridgehead atoms. The molecule has 0 unspecified atom stereocenters. The van der Waals surface area contributed by atoms with Crippen molar-refractivity contribution in [2.45, 2.75) is 26.1 Å². The minimum Gasteiger partial charge on any atom is -0.334 e. The number of rotatable bonds is 3. The summed E-state index contributed by atoms with van der Waals surface area (Å²) in [5.41, 5.74) is -0.561. The van der Waals surface area contributed by atoms with Gasteiger partial charge in [-0.1, -0.05) is 0 Å². The van der Waals surface area contributed by atoms with Crippen LogP contribution in [0.3, 0.4) is 0 Å². The Morgan fingerprint density at radius 3 is 2.39 bits per heavy atom. The van der Waals surface area contributed by atoms with Gasteiger partial charge in [0.25, 0.3) is 5.91 Å². The van der Waals surface area contributed by atoms with Gasteiger partial charge in [0, 0.05) is 26.2 Å². The maximum Gasteiger partial charge on any atom is 0.403 e. The Hall–Kier alpha value is -2.17. The minimum absolute atomic E-state index is 0.0453. The molecule has 23 heavy (non-hydrogen) atoms. The molecule has 0 aromatic carbocycles. The highest BCUT2D eigenvalue weighted by Crippen LogP contribution is 2.26. The van der Waals surface area contributed by atoms with Gasteiger partial charge >= 0.3 is 11.9 Å². The molecule has 128 valence electrons. The molecular formula is C12H16F3N5O3. The standard InChI is InChI=1S/C12H16F3N5O3/c1-7-10(20(22)23)9(17-16-7)11(21)19-5-3-18(4-6-19)8(2)12(13,14)15/h8H,3-6H2,1-2H3,(H,16,17)/t8-/m0/s1. The lowest BCUT2D eigenvalue weighted by Gasteiger charge is -2.38. The Labute approximate surface area is 129 Å². The first kappa shape index (κ1) is 17.2. The lowest BCUT2D eigenvalue weighted by Crippen LogP contribution is -2.54. The average molecular weight is 335 g/mol. The van der Waals surface area contributed by atoms with E-state index in [1.807, 2.05) is 0 Å². The van der Waals surface area contributed by atoms with Crippen LogP contribution < -0.4 is 0 Å². The largest absolute Gasteiger partial charge is 0.403 e. The van der Waals surface area contributed by atoms with E-state index in [0.717, 1.165) is 6.92 Å². The number of carbonyl (C=O) groups excluding carboxylic acids is 1. The van der Waals surface area contributed by atoms with Crippen molar-refractivity contribution in [2.75, 3.05) is 26.2 Å². The number of halogens is 3. The number of nitrogens with one attached hydrogen (secondary N) is 1. The van der Waals surface area contributed by atoms with Crippen LogP contribution in [-0.4, -0.2) is 69.2 Å². The molecule has 0 radical (unpaired) electrons. The molecule has 1 fully saturated rings. The predicted molar refractivity (Wildman–Crippen MR) is 73.0 cm³/mol. The van der Waals surface area contributed by atoms with Crippen LogP contribution >= 0.6 is 0 Å². The summed E-state index contributed by atoms with van der Waals surface area (Å²) in [6, 6.07) is -1.60. The number of aryl methyl sites for hydroxylation is 1. The third-order valence-electron chi connectivity index (χ3n) is 3.92. The quantitative estimate of drug-likeness (QED) is 0.664. The van der Waals surface area contributed by atoms with E-state index < -0.39 is 28.7 Å². The minimum atomic E-state index is -4.33. The van der Waals surface area contributed by atoms with E-state index in [2.05, 4.69) is 10.2 Å². The first-order chi connectivity index (χ1) is 10.6. The van der Waals surface area contributed by atoms with Crippen LogP contribution in [0.5, 0.6) is 0 Å². The van der Waals surface area contributed by atoms with Crippen molar-refractivity contribution in [2.24, 2.45) is 0 Å². The zero-order chi connectivity index (χ0) is 17.4. The molecule has 0 aliphatic carbocycles. The topological polar surface area (TPSA) is 95.4 Å². The van der Waals surface area contributed by atoms with Gasteiger partial charge in [0.15, 0.2) is 0 Å². The molecule has 1 N–H and O–H groups in total. The SMILES string of the molecule is Cc1[nH]nc(C(=O)N2CCN([C@@H](C)C(F)(F)F)CC2)c1[N+](=O)[O-]. The summed E-state index contributed by atoms with van der Waals surface area (Å²) >= 11 is 0. The molecule has 11 heteroatoms. The van der Waals surface area contributed by atoms with Crippen molar-refractivity contribution in [1.29, 1.82) is 0 Å². The fourth-order valence-electron chi connectivity index (χ4n) is 2.46. The van der Waals surface area contributed by atoms with Crippen molar-refractivity contribution in [3.05, 3.63) is 21.5 Å². The molecular weight excluding hydrogens is 319 g/mol. The van der Waals surface area contributed by atoms with E-state index in [1.54, 1.807) is 0 Å². The molecule has 2 heterocycles. The van der Waals surface area contributed by atoms with Crippen LogP contribution in [0.1, 0.15) is 23.1 Å². The maximum atomic E-state index is 12.7. The van der Waals surface area contributed by atoms with Gasteiger partial charge in [0.05, 0.1) is 4.92 Å². The Morgan fingerprint density at radius 2 is 1.91 bits per heavy atom. The molecule has 1 amide bonds. The number of hydrogen-bond donors (Lipinski definition) is 1. The van der Waals surface area contributed by atoms with E-state index in [0.29, 0.717) is 0 Å². The van der Waals surface area contributed by atoms with Crippen LogP contribution in [-0.2, 0) is 0 Å². The number of piperazine rings is 1. The van der Waals surface area contributed by atoms with Crippen LogP contribution in [0.4, 0.5) is 18.9 Å². The first-order valence-electron chi connectivity index (χ1n) is 6.92. The Kier molecular flexibility index (Phi) is 4.59. The highest BCUT2D eigenvalue weighted by Gasteiger charge is 2.41.